The van der Waals surface area contributed by atoms with Crippen molar-refractivity contribution in [3.8, 4) is 0 Å². The molecular weight excluding hydrogens is 241 g/mol. The minimum Gasteiger partial charge on any atom is -0.333 e. The summed E-state index contributed by atoms with van der Waals surface area (Å²) < 4.78 is 0. The summed E-state index contributed by atoms with van der Waals surface area (Å²) in [6, 6.07) is 0. The number of hydrogen-bond donors (Lipinski definition) is 3. The lowest BCUT2D eigenvalue weighted by Gasteiger charge is -1.77. The Hall–Kier alpha value is 1.18. The van der Waals surface area contributed by atoms with Gasteiger partial charge >= 0.3 is 0 Å². The number of nitrogens with two attached hydrogens (primary N) is 3. The molecule has 0 amide bonds. The van der Waals surface area contributed by atoms with Crippen LogP contribution in [-0.4, -0.2) is 36.4 Å². The lowest BCUT2D eigenvalue weighted by molar-refractivity contribution is 1.48. The van der Waals surface area contributed by atoms with Crippen LogP contribution in [-0.2, 0) is 0 Å². The summed E-state index contributed by atoms with van der Waals surface area (Å²) >= 11 is 15.9. The second kappa shape index (κ2) is 43.2. The Labute approximate surface area is 86.9 Å². The molecule has 0 unspecified atom stereocenters. The average Bonchev–Trinajstić information content (AvgIpc) is 2.15. The van der Waals surface area contributed by atoms with Crippen molar-refractivity contribution in [3.63, 3.8) is 0 Å². The summed E-state index contributed by atoms with van der Waals surface area (Å²) in [5.74, 6) is 0. The summed E-state index contributed by atoms with van der Waals surface area (Å²) in [4.78, 5) is 0. The minimum absolute atomic E-state index is 0.509. The van der Waals surface area contributed by atoms with Gasteiger partial charge in [-0.25, -0.2) is 0 Å². The van der Waals surface area contributed by atoms with Crippen molar-refractivity contribution in [1.29, 1.82) is 0 Å². The number of rotatable bonds is 1. The molecule has 0 aliphatic rings. The van der Waals surface area contributed by atoms with E-state index in [0.29, 0.717) is 0 Å². The molecule has 3 nitrogen and oxygen atoms in total. The van der Waals surface area contributed by atoms with Crippen LogP contribution in [0.1, 0.15) is 0 Å². The van der Waals surface area contributed by atoms with Crippen molar-refractivity contribution < 1.29 is 0 Å². The quantitative estimate of drug-likeness (QED) is 0.427. The van der Waals surface area contributed by atoms with E-state index in [0.717, 1.165) is 0 Å². The Morgan fingerprint density at radius 3 is 1.00 bits per heavy atom. The second-order valence-corrected chi connectivity index (χ2v) is 14.7. The Morgan fingerprint density at radius 1 is 0.909 bits per heavy atom. The summed E-state index contributed by atoms with van der Waals surface area (Å²) in [7, 11) is 3.99. The zero-order valence-corrected chi connectivity index (χ0v) is 12.0. The highest BCUT2D eigenvalue weighted by atomic mass is 35.7. The molecule has 0 bridgehead atoms. The summed E-state index contributed by atoms with van der Waals surface area (Å²) in [5.41, 5.74) is 13.5. The van der Waals surface area contributed by atoms with Gasteiger partial charge in [0.1, 0.15) is 8.35 Å². The van der Waals surface area contributed by atoms with Crippen LogP contribution >= 0.6 is 33.2 Å². The Morgan fingerprint density at radius 2 is 1.00 bits per heavy atom. The third kappa shape index (κ3) is 93.1. The zero-order chi connectivity index (χ0) is 10.3. The maximum atomic E-state index is 5.30. The standard InChI is InChI=1S/3CH5N.Cl3H3Si2/c3*1-2;1-4-5(2)3/h3*2H2,1H3;5H,4H2. The first-order chi connectivity index (χ1) is 5.27. The van der Waals surface area contributed by atoms with Crippen LogP contribution in [0.3, 0.4) is 0 Å². The van der Waals surface area contributed by atoms with Crippen LogP contribution < -0.4 is 17.2 Å². The first kappa shape index (κ1) is 22.8. The fourth-order valence-electron chi connectivity index (χ4n) is 0. The van der Waals surface area contributed by atoms with Crippen LogP contribution in [0.15, 0.2) is 0 Å². The van der Waals surface area contributed by atoms with Crippen molar-refractivity contribution in [2.24, 2.45) is 17.2 Å². The predicted octanol–water partition coefficient (Wildman–Crippen LogP) is -0.771. The van der Waals surface area contributed by atoms with Gasteiger partial charge in [0.05, 0.1) is 0 Å². The molecule has 0 atom stereocenters. The average molecular weight is 259 g/mol. The highest BCUT2D eigenvalue weighted by Gasteiger charge is 1.95. The molecule has 0 fully saturated rings. The molecular formula is C3H18Cl3N3Si2. The fraction of sp³-hybridized carbons (Fsp3) is 1.00. The monoisotopic (exact) mass is 257 g/mol. The van der Waals surface area contributed by atoms with E-state index in [4.69, 9.17) is 33.2 Å². The molecule has 0 radical (unpaired) electrons. The summed E-state index contributed by atoms with van der Waals surface area (Å²) in [6.45, 7) is -1.30. The maximum absolute atomic E-state index is 5.30. The molecule has 11 heavy (non-hydrogen) atoms. The molecule has 8 heteroatoms. The molecule has 0 heterocycles. The normalized spacial score (nSPS) is 7.09. The van der Waals surface area contributed by atoms with Crippen molar-refractivity contribution in [3.05, 3.63) is 0 Å². The van der Waals surface area contributed by atoms with Gasteiger partial charge in [0.15, 0.2) is 0 Å². The van der Waals surface area contributed by atoms with Crippen molar-refractivity contribution >= 4 is 48.5 Å². The Balaban J connectivity index is -0.0000000350. The van der Waals surface area contributed by atoms with Crippen LogP contribution in [0, 0.1) is 0 Å². The molecule has 0 saturated heterocycles. The van der Waals surface area contributed by atoms with E-state index >= 15 is 0 Å². The molecule has 0 rings (SSSR count). The van der Waals surface area contributed by atoms with E-state index in [1.807, 2.05) is 0 Å². The Kier molecular flexibility index (Phi) is 89.3. The molecule has 0 saturated carbocycles. The first-order valence-corrected chi connectivity index (χ1v) is 11.7. The number of halogens is 3. The molecule has 0 spiro atoms. The largest absolute Gasteiger partial charge is 0.333 e. The van der Waals surface area contributed by atoms with Gasteiger partial charge < -0.3 is 17.2 Å². The fourth-order valence-corrected chi connectivity index (χ4v) is 0. The van der Waals surface area contributed by atoms with Gasteiger partial charge in [-0.15, -0.1) is 0 Å². The van der Waals surface area contributed by atoms with Crippen molar-refractivity contribution in [2.45, 2.75) is 0 Å². The molecule has 0 aromatic rings. The first-order valence-electron chi connectivity index (χ1n) is 2.84. The topological polar surface area (TPSA) is 78.1 Å². The third-order valence-electron chi connectivity index (χ3n) is 0.117. The number of hydrogen-bond acceptors (Lipinski definition) is 3. The van der Waals surface area contributed by atoms with Gasteiger partial charge in [0.25, 0.3) is 0 Å². The summed E-state index contributed by atoms with van der Waals surface area (Å²) in [6.07, 6.45) is 0. The van der Waals surface area contributed by atoms with Crippen LogP contribution in [0.25, 0.3) is 0 Å². The second-order valence-electron chi connectivity index (χ2n) is 0.545. The van der Waals surface area contributed by atoms with Gasteiger partial charge in [-0.05, 0) is 21.1 Å². The van der Waals surface area contributed by atoms with Gasteiger partial charge in [-0.1, -0.05) is 0 Å². The maximum Gasteiger partial charge on any atom is 0.235 e. The highest BCUT2D eigenvalue weighted by Crippen LogP contribution is 1.92. The molecule has 0 aromatic heterocycles. The van der Waals surface area contributed by atoms with Crippen LogP contribution in [0.5, 0.6) is 0 Å². The molecule has 0 aliphatic carbocycles. The predicted molar refractivity (Wildman–Crippen MR) is 63.6 cm³/mol. The lowest BCUT2D eigenvalue weighted by atomic mass is 11.6. The van der Waals surface area contributed by atoms with Crippen LogP contribution in [0.4, 0.5) is 0 Å². The summed E-state index contributed by atoms with van der Waals surface area (Å²) in [5, 5.41) is 0. The van der Waals surface area contributed by atoms with E-state index in [-0.39, 0.29) is 0 Å². The third-order valence-corrected chi connectivity index (χ3v) is 9.45. The Bertz CT molecular complexity index is 35.8. The molecule has 0 aromatic carbocycles. The van der Waals surface area contributed by atoms with Gasteiger partial charge in [0, 0.05) is 0 Å². The molecule has 0 aliphatic heterocycles. The SMILES string of the molecule is CN.CN.CN.Cl[SiH2][SiH](Cl)Cl. The van der Waals surface area contributed by atoms with Crippen LogP contribution in [0.2, 0.25) is 0 Å². The van der Waals surface area contributed by atoms with Gasteiger partial charge in [-0.3, -0.25) is 0 Å². The molecule has 74 valence electrons. The lowest BCUT2D eigenvalue weighted by Crippen LogP contribution is -1.96. The minimum atomic E-state index is -1.30. The van der Waals surface area contributed by atoms with E-state index < -0.39 is 15.3 Å². The zero-order valence-electron chi connectivity index (χ0n) is 7.15. The van der Waals surface area contributed by atoms with Crippen molar-refractivity contribution in [1.82, 2.24) is 0 Å². The van der Waals surface area contributed by atoms with Crippen molar-refractivity contribution in [2.75, 3.05) is 21.1 Å². The van der Waals surface area contributed by atoms with Gasteiger partial charge in [0.2, 0.25) is 6.93 Å². The molecule has 6 N–H and O–H groups in total. The van der Waals surface area contributed by atoms with E-state index in [9.17, 15) is 0 Å². The van der Waals surface area contributed by atoms with Gasteiger partial charge in [-0.2, -0.15) is 33.2 Å². The van der Waals surface area contributed by atoms with E-state index in [1.165, 1.54) is 21.1 Å². The van der Waals surface area contributed by atoms with E-state index in [1.54, 1.807) is 0 Å². The van der Waals surface area contributed by atoms with E-state index in [2.05, 4.69) is 17.2 Å². The highest BCUT2D eigenvalue weighted by molar-refractivity contribution is 7.64. The smallest absolute Gasteiger partial charge is 0.235 e.